The molecule has 0 radical (unpaired) electrons. The van der Waals surface area contributed by atoms with Crippen molar-refractivity contribution in [2.24, 2.45) is 0 Å². The Morgan fingerprint density at radius 1 is 0.556 bits per heavy atom. The quantitative estimate of drug-likeness (QED) is 0.0832. The van der Waals surface area contributed by atoms with Gasteiger partial charge in [0.2, 0.25) is 0 Å². The summed E-state index contributed by atoms with van der Waals surface area (Å²) in [4.78, 5) is 9.03. The number of fused-ring (bicyclic) bond motifs is 1. The lowest BCUT2D eigenvalue weighted by Gasteiger charge is -2.05. The molecule has 0 nitrogen and oxygen atoms in total. The van der Waals surface area contributed by atoms with Gasteiger partial charge in [0.05, 0.1) is 19.2 Å². The van der Waals surface area contributed by atoms with Crippen LogP contribution in [0.15, 0.2) is 44.8 Å². The molecule has 0 saturated heterocycles. The zero-order valence-electron chi connectivity index (χ0n) is 21.8. The van der Waals surface area contributed by atoms with E-state index in [1.807, 2.05) is 22.7 Å². The van der Waals surface area contributed by atoms with Crippen LogP contribution in [0.3, 0.4) is 0 Å². The van der Waals surface area contributed by atoms with E-state index in [9.17, 15) is 0 Å². The van der Waals surface area contributed by atoms with Crippen molar-refractivity contribution in [1.82, 2.24) is 0 Å². The van der Waals surface area contributed by atoms with Crippen LogP contribution in [0.2, 0.25) is 0 Å². The van der Waals surface area contributed by atoms with Crippen LogP contribution in [0.5, 0.6) is 0 Å². The molecule has 4 rings (SSSR count). The molecule has 0 bridgehead atoms. The Kier molecular flexibility index (Phi) is 12.8. The minimum atomic E-state index is 1.24. The molecule has 0 aliphatic rings. The molecule has 6 heteroatoms. The first-order valence-corrected chi connectivity index (χ1v) is 19.1. The lowest BCUT2D eigenvalue weighted by molar-refractivity contribution is 0.627. The molecule has 4 aromatic heterocycles. The van der Waals surface area contributed by atoms with Crippen LogP contribution in [0, 0.1) is 0 Å². The Morgan fingerprint density at radius 3 is 1.36 bits per heavy atom. The third kappa shape index (κ3) is 7.89. The molecular formula is C30H40S6. The minimum absolute atomic E-state index is 1.24. The van der Waals surface area contributed by atoms with Crippen LogP contribution in [0.25, 0.3) is 28.9 Å². The Labute approximate surface area is 243 Å². The summed E-state index contributed by atoms with van der Waals surface area (Å²) < 4.78 is 3.10. The van der Waals surface area contributed by atoms with Gasteiger partial charge in [0.25, 0.3) is 0 Å². The van der Waals surface area contributed by atoms with Gasteiger partial charge in [-0.25, -0.2) is 0 Å². The Morgan fingerprint density at radius 2 is 0.972 bits per heavy atom. The molecule has 0 saturated carbocycles. The van der Waals surface area contributed by atoms with E-state index < -0.39 is 0 Å². The van der Waals surface area contributed by atoms with E-state index in [4.69, 9.17) is 0 Å². The molecule has 196 valence electrons. The van der Waals surface area contributed by atoms with E-state index in [2.05, 4.69) is 95.1 Å². The lowest BCUT2D eigenvalue weighted by Crippen LogP contribution is -1.82. The van der Waals surface area contributed by atoms with Gasteiger partial charge in [0.1, 0.15) is 0 Å². The van der Waals surface area contributed by atoms with Crippen molar-refractivity contribution in [2.75, 3.05) is 11.5 Å². The summed E-state index contributed by atoms with van der Waals surface area (Å²) >= 11 is 12.2. The number of hydrogen-bond donors (Lipinski definition) is 0. The average molecular weight is 593 g/mol. The van der Waals surface area contributed by atoms with Crippen molar-refractivity contribution < 1.29 is 0 Å². The van der Waals surface area contributed by atoms with Gasteiger partial charge in [-0.15, -0.1) is 68.9 Å². The highest BCUT2D eigenvalue weighted by Crippen LogP contribution is 2.55. The molecule has 0 aliphatic heterocycles. The highest BCUT2D eigenvalue weighted by Gasteiger charge is 2.24. The molecule has 0 aliphatic carbocycles. The third-order valence-corrected chi connectivity index (χ3v) is 14.0. The van der Waals surface area contributed by atoms with Crippen molar-refractivity contribution in [3.63, 3.8) is 0 Å². The molecule has 4 aromatic rings. The van der Waals surface area contributed by atoms with Crippen LogP contribution in [-0.4, -0.2) is 11.5 Å². The van der Waals surface area contributed by atoms with Gasteiger partial charge < -0.3 is 0 Å². The van der Waals surface area contributed by atoms with Gasteiger partial charge in [-0.2, -0.15) is 0 Å². The van der Waals surface area contributed by atoms with E-state index in [0.717, 1.165) is 0 Å². The van der Waals surface area contributed by atoms with E-state index in [-0.39, 0.29) is 0 Å². The molecule has 0 aromatic carbocycles. The van der Waals surface area contributed by atoms with Gasteiger partial charge in [-0.1, -0.05) is 90.2 Å². The minimum Gasteiger partial charge on any atom is -0.143 e. The molecule has 0 unspecified atom stereocenters. The van der Waals surface area contributed by atoms with Gasteiger partial charge in [0.15, 0.2) is 0 Å². The maximum absolute atomic E-state index is 2.32. The van der Waals surface area contributed by atoms with Crippen molar-refractivity contribution in [1.29, 1.82) is 0 Å². The predicted molar refractivity (Wildman–Crippen MR) is 175 cm³/mol. The number of thiophene rings is 4. The second kappa shape index (κ2) is 16.0. The van der Waals surface area contributed by atoms with Gasteiger partial charge >= 0.3 is 0 Å². The smallest absolute Gasteiger partial charge is 0.0612 e. The largest absolute Gasteiger partial charge is 0.143 e. The first-order valence-electron chi connectivity index (χ1n) is 13.8. The molecule has 4 heterocycles. The first-order chi connectivity index (χ1) is 17.8. The highest BCUT2D eigenvalue weighted by atomic mass is 32.2. The fourth-order valence-corrected chi connectivity index (χ4v) is 12.1. The SMILES string of the molecule is CCCCCCCCSc1c(-c2cccs2)sc2c(SCCCCCCCC)c(-c3cccs3)sc12. The summed E-state index contributed by atoms with van der Waals surface area (Å²) in [5, 5.41) is 4.47. The first kappa shape index (κ1) is 28.8. The lowest BCUT2D eigenvalue weighted by atomic mass is 10.1. The molecule has 0 N–H and O–H groups in total. The van der Waals surface area contributed by atoms with Crippen LogP contribution in [-0.2, 0) is 0 Å². The van der Waals surface area contributed by atoms with E-state index >= 15 is 0 Å². The Hall–Kier alpha value is -0.240. The van der Waals surface area contributed by atoms with E-state index in [1.54, 1.807) is 19.2 Å². The summed E-state index contributed by atoms with van der Waals surface area (Å²) in [5.41, 5.74) is 0. The van der Waals surface area contributed by atoms with Crippen molar-refractivity contribution in [3.8, 4) is 19.5 Å². The monoisotopic (exact) mass is 592 g/mol. The standard InChI is InChI=1S/C30H40S6/c1-3-5-7-9-11-13-19-33-27-25(23-17-15-21-31-23)35-30-28(34-20-14-12-10-8-6-4-2)26(36-29(27)30)24-18-16-22-32-24/h15-18,21-22H,3-14,19-20H2,1-2H3. The summed E-state index contributed by atoms with van der Waals surface area (Å²) in [6, 6.07) is 9.05. The number of hydrogen-bond acceptors (Lipinski definition) is 6. The maximum atomic E-state index is 2.32. The number of unbranched alkanes of at least 4 members (excludes halogenated alkanes) is 10. The normalized spacial score (nSPS) is 11.7. The number of thioether (sulfide) groups is 2. The van der Waals surface area contributed by atoms with Crippen LogP contribution in [0.1, 0.15) is 90.9 Å². The molecule has 0 fully saturated rings. The van der Waals surface area contributed by atoms with Crippen LogP contribution in [0.4, 0.5) is 0 Å². The molecule has 0 spiro atoms. The Bertz CT molecular complexity index is 1030. The highest BCUT2D eigenvalue weighted by molar-refractivity contribution is 8.00. The second-order valence-electron chi connectivity index (χ2n) is 9.37. The average Bonchev–Trinajstić information content (AvgIpc) is 3.68. The topological polar surface area (TPSA) is 0 Å². The molecule has 0 atom stereocenters. The molecule has 36 heavy (non-hydrogen) atoms. The molecule has 0 amide bonds. The second-order valence-corrected chi connectivity index (χ2v) is 15.5. The fourth-order valence-electron chi connectivity index (χ4n) is 4.41. The van der Waals surface area contributed by atoms with Crippen LogP contribution < -0.4 is 0 Å². The third-order valence-electron chi connectivity index (χ3n) is 6.42. The van der Waals surface area contributed by atoms with Crippen molar-refractivity contribution in [2.45, 2.75) is 101 Å². The van der Waals surface area contributed by atoms with Gasteiger partial charge in [-0.3, -0.25) is 0 Å². The van der Waals surface area contributed by atoms with E-state index in [1.165, 1.54) is 108 Å². The molecular weight excluding hydrogens is 553 g/mol. The summed E-state index contributed by atoms with van der Waals surface area (Å²) in [6.07, 6.45) is 16.4. The summed E-state index contributed by atoms with van der Waals surface area (Å²) in [6.45, 7) is 4.60. The zero-order valence-corrected chi connectivity index (χ0v) is 26.7. The zero-order chi connectivity index (χ0) is 25.0. The van der Waals surface area contributed by atoms with Crippen molar-refractivity contribution in [3.05, 3.63) is 35.0 Å². The summed E-state index contributed by atoms with van der Waals surface area (Å²) in [7, 11) is 0. The number of rotatable bonds is 18. The predicted octanol–water partition coefficient (Wildman–Crippen LogP) is 13.3. The van der Waals surface area contributed by atoms with Gasteiger partial charge in [-0.05, 0) is 47.2 Å². The van der Waals surface area contributed by atoms with Gasteiger partial charge in [0, 0.05) is 19.5 Å². The summed E-state index contributed by atoms with van der Waals surface area (Å²) in [5.74, 6) is 2.48. The van der Waals surface area contributed by atoms with E-state index in [0.29, 0.717) is 0 Å². The Balaban J connectivity index is 1.54. The van der Waals surface area contributed by atoms with Crippen molar-refractivity contribution >= 4 is 78.3 Å². The fraction of sp³-hybridized carbons (Fsp3) is 0.533. The van der Waals surface area contributed by atoms with Crippen LogP contribution >= 0.6 is 68.9 Å². The maximum Gasteiger partial charge on any atom is 0.0612 e.